The molecule has 0 aliphatic heterocycles. The van der Waals surface area contributed by atoms with Gasteiger partial charge in [-0.2, -0.15) is 5.26 Å². The molecule has 3 heteroatoms. The van der Waals surface area contributed by atoms with Crippen molar-refractivity contribution < 1.29 is 9.53 Å². The molecule has 0 saturated carbocycles. The minimum Gasteiger partial charge on any atom is -0.488 e. The zero-order valence-corrected chi connectivity index (χ0v) is 11.5. The predicted molar refractivity (Wildman–Crippen MR) is 81.6 cm³/mol. The molecule has 2 rings (SSSR count). The number of allylic oxidation sites excluding steroid dienone is 1. The van der Waals surface area contributed by atoms with E-state index in [4.69, 9.17) is 10.00 Å². The van der Waals surface area contributed by atoms with Gasteiger partial charge in [-0.3, -0.25) is 0 Å². The molecule has 21 heavy (non-hydrogen) atoms. The topological polar surface area (TPSA) is 50.1 Å². The molecule has 0 aliphatic carbocycles. The molecular formula is C18H15NO2. The maximum Gasteiger partial charge on any atom is 0.138 e. The van der Waals surface area contributed by atoms with E-state index >= 15 is 0 Å². The summed E-state index contributed by atoms with van der Waals surface area (Å²) < 4.78 is 5.74. The molecular weight excluding hydrogens is 262 g/mol. The summed E-state index contributed by atoms with van der Waals surface area (Å²) in [6.45, 7) is 0.414. The first-order valence-electron chi connectivity index (χ1n) is 6.64. The fourth-order valence-corrected chi connectivity index (χ4v) is 1.85. The highest BCUT2D eigenvalue weighted by Gasteiger charge is 2.04. The van der Waals surface area contributed by atoms with Gasteiger partial charge in [0.2, 0.25) is 0 Å². The summed E-state index contributed by atoms with van der Waals surface area (Å²) in [5.74, 6) is 0.551. The van der Waals surface area contributed by atoms with Gasteiger partial charge in [-0.25, -0.2) is 0 Å². The van der Waals surface area contributed by atoms with Crippen LogP contribution in [0.3, 0.4) is 0 Å². The van der Waals surface area contributed by atoms with Gasteiger partial charge in [-0.15, -0.1) is 0 Å². The highest BCUT2D eigenvalue weighted by Crippen LogP contribution is 2.22. The minimum absolute atomic E-state index is 0.375. The second kappa shape index (κ2) is 7.66. The Balaban J connectivity index is 2.14. The van der Waals surface area contributed by atoms with Gasteiger partial charge in [0, 0.05) is 6.42 Å². The average molecular weight is 277 g/mol. The van der Waals surface area contributed by atoms with Crippen LogP contribution in [0.1, 0.15) is 23.1 Å². The van der Waals surface area contributed by atoms with Crippen LogP contribution in [0, 0.1) is 11.3 Å². The summed E-state index contributed by atoms with van der Waals surface area (Å²) in [6.07, 6.45) is 4.83. The number of aldehydes is 1. The molecule has 0 heterocycles. The van der Waals surface area contributed by atoms with Gasteiger partial charge in [0.15, 0.2) is 0 Å². The van der Waals surface area contributed by atoms with Crippen molar-refractivity contribution in [2.75, 3.05) is 0 Å². The first-order chi connectivity index (χ1) is 10.3. The summed E-state index contributed by atoms with van der Waals surface area (Å²) in [6, 6.07) is 17.3. The zero-order chi connectivity index (χ0) is 14.9. The molecule has 0 saturated heterocycles. The summed E-state index contributed by atoms with van der Waals surface area (Å²) in [4.78, 5) is 10.3. The smallest absolute Gasteiger partial charge is 0.138 e. The van der Waals surface area contributed by atoms with Gasteiger partial charge in [-0.05, 0) is 23.3 Å². The summed E-state index contributed by atoms with van der Waals surface area (Å²) in [7, 11) is 0. The molecule has 0 fully saturated rings. The van der Waals surface area contributed by atoms with E-state index in [9.17, 15) is 4.79 Å². The van der Waals surface area contributed by atoms with Crippen molar-refractivity contribution in [2.24, 2.45) is 0 Å². The first-order valence-corrected chi connectivity index (χ1v) is 6.64. The zero-order valence-electron chi connectivity index (χ0n) is 11.5. The lowest BCUT2D eigenvalue weighted by Crippen LogP contribution is -1.97. The summed E-state index contributed by atoms with van der Waals surface area (Å²) >= 11 is 0. The Kier molecular flexibility index (Phi) is 5.31. The fourth-order valence-electron chi connectivity index (χ4n) is 1.85. The number of carbonyl (C=O) groups excluding carboxylic acids is 1. The van der Waals surface area contributed by atoms with E-state index in [1.165, 1.54) is 0 Å². The maximum atomic E-state index is 10.3. The molecule has 0 atom stereocenters. The minimum atomic E-state index is 0.375. The molecule has 2 aromatic rings. The summed E-state index contributed by atoms with van der Waals surface area (Å²) in [5.41, 5.74) is 2.45. The molecule has 0 aromatic heterocycles. The Labute approximate surface area is 124 Å². The number of carbonyl (C=O) groups is 1. The number of benzene rings is 2. The van der Waals surface area contributed by atoms with Crippen molar-refractivity contribution in [2.45, 2.75) is 13.0 Å². The van der Waals surface area contributed by atoms with Gasteiger partial charge in [-0.1, -0.05) is 48.6 Å². The van der Waals surface area contributed by atoms with Gasteiger partial charge >= 0.3 is 0 Å². The van der Waals surface area contributed by atoms with Crippen molar-refractivity contribution in [3.63, 3.8) is 0 Å². The highest BCUT2D eigenvalue weighted by atomic mass is 16.5. The Morgan fingerprint density at radius 1 is 1.14 bits per heavy atom. The lowest BCUT2D eigenvalue weighted by Gasteiger charge is -2.09. The Morgan fingerprint density at radius 3 is 2.67 bits per heavy atom. The van der Waals surface area contributed by atoms with E-state index in [-0.39, 0.29) is 0 Å². The number of ether oxygens (including phenoxy) is 1. The number of hydrogen-bond acceptors (Lipinski definition) is 3. The second-order valence-corrected chi connectivity index (χ2v) is 4.45. The van der Waals surface area contributed by atoms with Gasteiger partial charge in [0.1, 0.15) is 24.7 Å². The Bertz CT molecular complexity index is 669. The molecule has 2 aromatic carbocycles. The van der Waals surface area contributed by atoms with Crippen LogP contribution in [-0.2, 0) is 11.4 Å². The highest BCUT2D eigenvalue weighted by molar-refractivity contribution is 5.60. The van der Waals surface area contributed by atoms with Crippen molar-refractivity contribution in [1.82, 2.24) is 0 Å². The number of nitrogens with zero attached hydrogens (tertiary/aromatic N) is 1. The van der Waals surface area contributed by atoms with Crippen molar-refractivity contribution in [3.8, 4) is 11.8 Å². The number of hydrogen-bond donors (Lipinski definition) is 0. The van der Waals surface area contributed by atoms with Gasteiger partial charge < -0.3 is 9.53 Å². The second-order valence-electron chi connectivity index (χ2n) is 4.45. The third-order valence-corrected chi connectivity index (χ3v) is 2.91. The molecule has 0 unspecified atom stereocenters. The van der Waals surface area contributed by atoms with Crippen LogP contribution in [0.5, 0.6) is 5.75 Å². The monoisotopic (exact) mass is 277 g/mol. The van der Waals surface area contributed by atoms with E-state index < -0.39 is 0 Å². The van der Waals surface area contributed by atoms with E-state index in [0.717, 1.165) is 17.4 Å². The molecule has 0 N–H and O–H groups in total. The lowest BCUT2D eigenvalue weighted by atomic mass is 10.1. The van der Waals surface area contributed by atoms with Gasteiger partial charge in [0.25, 0.3) is 0 Å². The fraction of sp³-hybridized carbons (Fsp3) is 0.111. The average Bonchev–Trinajstić information content (AvgIpc) is 2.54. The third-order valence-electron chi connectivity index (χ3n) is 2.91. The SMILES string of the molecule is N#Cc1ccc(C=CCC=O)cc1OCc1ccccc1. The molecule has 0 spiro atoms. The third kappa shape index (κ3) is 4.32. The van der Waals surface area contributed by atoms with Crippen molar-refractivity contribution in [1.29, 1.82) is 5.26 Å². The van der Waals surface area contributed by atoms with E-state index in [1.807, 2.05) is 48.5 Å². The quantitative estimate of drug-likeness (QED) is 0.756. The first kappa shape index (κ1) is 14.5. The Morgan fingerprint density at radius 2 is 1.95 bits per heavy atom. The standard InChI is InChI=1S/C18H15NO2/c19-13-17-10-9-15(6-4-5-11-20)12-18(17)21-14-16-7-2-1-3-8-16/h1-4,6-12H,5,14H2. The predicted octanol–water partition coefficient (Wildman–Crippen LogP) is 3.74. The normalized spacial score (nSPS) is 10.2. The van der Waals surface area contributed by atoms with E-state index in [0.29, 0.717) is 24.3 Å². The van der Waals surface area contributed by atoms with Crippen molar-refractivity contribution >= 4 is 12.4 Å². The lowest BCUT2D eigenvalue weighted by molar-refractivity contribution is -0.107. The van der Waals surface area contributed by atoms with Crippen LogP contribution in [0.2, 0.25) is 0 Å². The molecule has 0 radical (unpaired) electrons. The molecule has 0 amide bonds. The van der Waals surface area contributed by atoms with Crippen LogP contribution >= 0.6 is 0 Å². The van der Waals surface area contributed by atoms with Crippen LogP contribution < -0.4 is 4.74 Å². The maximum absolute atomic E-state index is 10.3. The van der Waals surface area contributed by atoms with E-state index in [2.05, 4.69) is 6.07 Å². The Hall–Kier alpha value is -2.86. The largest absolute Gasteiger partial charge is 0.488 e. The molecule has 3 nitrogen and oxygen atoms in total. The van der Waals surface area contributed by atoms with Crippen molar-refractivity contribution in [3.05, 3.63) is 71.3 Å². The molecule has 104 valence electrons. The number of rotatable bonds is 6. The van der Waals surface area contributed by atoms with Gasteiger partial charge in [0.05, 0.1) is 5.56 Å². The van der Waals surface area contributed by atoms with Crippen LogP contribution in [-0.4, -0.2) is 6.29 Å². The number of nitriles is 1. The molecule has 0 bridgehead atoms. The van der Waals surface area contributed by atoms with Crippen LogP contribution in [0.25, 0.3) is 6.08 Å². The van der Waals surface area contributed by atoms with Crippen LogP contribution in [0.4, 0.5) is 0 Å². The summed E-state index contributed by atoms with van der Waals surface area (Å²) in [5, 5.41) is 9.13. The van der Waals surface area contributed by atoms with Crippen LogP contribution in [0.15, 0.2) is 54.6 Å². The molecule has 0 aliphatic rings. The van der Waals surface area contributed by atoms with E-state index in [1.54, 1.807) is 12.1 Å².